The predicted octanol–water partition coefficient (Wildman–Crippen LogP) is 3.26. The summed E-state index contributed by atoms with van der Waals surface area (Å²) in [5.74, 6) is 0.625. The third-order valence-corrected chi connectivity index (χ3v) is 3.45. The Morgan fingerprint density at radius 1 is 1.27 bits per heavy atom. The van der Waals surface area contributed by atoms with Gasteiger partial charge in [-0.3, -0.25) is 4.79 Å². The van der Waals surface area contributed by atoms with Gasteiger partial charge in [0.2, 0.25) is 5.91 Å². The lowest BCUT2D eigenvalue weighted by molar-refractivity contribution is -0.126. The summed E-state index contributed by atoms with van der Waals surface area (Å²) in [5.41, 5.74) is 0. The van der Waals surface area contributed by atoms with Gasteiger partial charge in [-0.1, -0.05) is 39.5 Å². The van der Waals surface area contributed by atoms with Crippen molar-refractivity contribution in [1.82, 2.24) is 5.32 Å². The normalized spacial score (nSPS) is 19.9. The Hall–Kier alpha value is -0.530. The molecule has 2 nitrogen and oxygen atoms in total. The summed E-state index contributed by atoms with van der Waals surface area (Å²) >= 11 is 0. The molecule has 1 atom stereocenters. The van der Waals surface area contributed by atoms with Gasteiger partial charge >= 0.3 is 0 Å². The van der Waals surface area contributed by atoms with Crippen LogP contribution in [0.25, 0.3) is 0 Å². The Kier molecular flexibility index (Phi) is 5.74. The van der Waals surface area contributed by atoms with Crippen molar-refractivity contribution >= 4 is 5.91 Å². The third kappa shape index (κ3) is 4.23. The minimum absolute atomic E-state index is 0.310. The first-order chi connectivity index (χ1) is 7.27. The number of nitrogens with one attached hydrogen (secondary N) is 1. The van der Waals surface area contributed by atoms with Crippen LogP contribution in [0.4, 0.5) is 0 Å². The summed E-state index contributed by atoms with van der Waals surface area (Å²) in [5, 5.41) is 3.20. The van der Waals surface area contributed by atoms with Gasteiger partial charge in [-0.15, -0.1) is 0 Å². The highest BCUT2D eigenvalue weighted by Gasteiger charge is 2.22. The second kappa shape index (κ2) is 6.86. The summed E-state index contributed by atoms with van der Waals surface area (Å²) in [6.07, 6.45) is 9.34. The number of hydrogen-bond donors (Lipinski definition) is 1. The lowest BCUT2D eigenvalue weighted by Crippen LogP contribution is -2.39. The lowest BCUT2D eigenvalue weighted by atomic mass is 9.88. The van der Waals surface area contributed by atoms with Gasteiger partial charge in [0, 0.05) is 12.0 Å². The van der Waals surface area contributed by atoms with Crippen molar-refractivity contribution in [3.05, 3.63) is 0 Å². The highest BCUT2D eigenvalue weighted by atomic mass is 16.1. The van der Waals surface area contributed by atoms with Crippen molar-refractivity contribution in [2.75, 3.05) is 0 Å². The highest BCUT2D eigenvalue weighted by Crippen LogP contribution is 2.23. The van der Waals surface area contributed by atoms with E-state index in [0.29, 0.717) is 17.9 Å². The molecule has 0 aromatic carbocycles. The molecule has 1 amide bonds. The molecule has 1 unspecified atom stereocenters. The molecule has 88 valence electrons. The van der Waals surface area contributed by atoms with Gasteiger partial charge in [0.15, 0.2) is 0 Å². The molecule has 1 aliphatic rings. The molecule has 0 aromatic rings. The maximum atomic E-state index is 11.9. The summed E-state index contributed by atoms with van der Waals surface area (Å²) < 4.78 is 0. The van der Waals surface area contributed by atoms with Crippen molar-refractivity contribution in [1.29, 1.82) is 0 Å². The minimum Gasteiger partial charge on any atom is -0.353 e. The van der Waals surface area contributed by atoms with E-state index < -0.39 is 0 Å². The zero-order valence-electron chi connectivity index (χ0n) is 10.2. The van der Waals surface area contributed by atoms with Crippen LogP contribution in [0.15, 0.2) is 0 Å². The number of hydrogen-bond acceptors (Lipinski definition) is 1. The summed E-state index contributed by atoms with van der Waals surface area (Å²) in [4.78, 5) is 11.9. The van der Waals surface area contributed by atoms with Crippen molar-refractivity contribution in [2.45, 2.75) is 71.3 Å². The van der Waals surface area contributed by atoms with Crippen LogP contribution in [0, 0.1) is 5.92 Å². The largest absolute Gasteiger partial charge is 0.353 e. The fourth-order valence-corrected chi connectivity index (χ4v) is 2.41. The van der Waals surface area contributed by atoms with Crippen LogP contribution in [-0.4, -0.2) is 11.9 Å². The van der Waals surface area contributed by atoms with Crippen LogP contribution in [0.5, 0.6) is 0 Å². The van der Waals surface area contributed by atoms with Crippen molar-refractivity contribution in [2.24, 2.45) is 5.92 Å². The first-order valence-electron chi connectivity index (χ1n) is 6.58. The topological polar surface area (TPSA) is 29.1 Å². The number of carbonyl (C=O) groups is 1. The van der Waals surface area contributed by atoms with Crippen LogP contribution in [0.3, 0.4) is 0 Å². The molecule has 1 N–H and O–H groups in total. The molecule has 0 bridgehead atoms. The van der Waals surface area contributed by atoms with Gasteiger partial charge < -0.3 is 5.32 Å². The molecule has 2 heteroatoms. The van der Waals surface area contributed by atoms with Crippen LogP contribution < -0.4 is 5.32 Å². The molecule has 1 aliphatic carbocycles. The molecule has 1 saturated carbocycles. The zero-order valence-corrected chi connectivity index (χ0v) is 10.2. The van der Waals surface area contributed by atoms with E-state index in [1.54, 1.807) is 0 Å². The number of rotatable bonds is 5. The molecule has 1 rings (SSSR count). The second-order valence-corrected chi connectivity index (χ2v) is 4.74. The molecule has 0 radical (unpaired) electrons. The molecule has 0 aromatic heterocycles. The van der Waals surface area contributed by atoms with Crippen LogP contribution >= 0.6 is 0 Å². The summed E-state index contributed by atoms with van der Waals surface area (Å²) in [7, 11) is 0. The fourth-order valence-electron chi connectivity index (χ4n) is 2.41. The average Bonchev–Trinajstić information content (AvgIpc) is 2.29. The molecule has 1 fully saturated rings. The molecular weight excluding hydrogens is 186 g/mol. The van der Waals surface area contributed by atoms with E-state index in [2.05, 4.69) is 19.2 Å². The molecule has 15 heavy (non-hydrogen) atoms. The highest BCUT2D eigenvalue weighted by molar-refractivity contribution is 5.78. The smallest absolute Gasteiger partial charge is 0.223 e. The lowest BCUT2D eigenvalue weighted by Gasteiger charge is -2.24. The Morgan fingerprint density at radius 2 is 1.93 bits per heavy atom. The van der Waals surface area contributed by atoms with Crippen molar-refractivity contribution in [3.8, 4) is 0 Å². The first kappa shape index (κ1) is 12.5. The van der Waals surface area contributed by atoms with E-state index in [0.717, 1.165) is 32.1 Å². The standard InChI is InChI=1S/C13H25NO/c1-3-8-12(4-2)14-13(15)11-9-6-5-7-10-11/h11-12H,3-10H2,1-2H3,(H,14,15). The van der Waals surface area contributed by atoms with E-state index in [4.69, 9.17) is 0 Å². The van der Waals surface area contributed by atoms with Crippen molar-refractivity contribution in [3.63, 3.8) is 0 Å². The first-order valence-corrected chi connectivity index (χ1v) is 6.58. The fraction of sp³-hybridized carbons (Fsp3) is 0.923. The minimum atomic E-state index is 0.310. The predicted molar refractivity (Wildman–Crippen MR) is 63.7 cm³/mol. The number of carbonyl (C=O) groups excluding carboxylic acids is 1. The van der Waals surface area contributed by atoms with Crippen LogP contribution in [0.2, 0.25) is 0 Å². The van der Waals surface area contributed by atoms with E-state index in [1.807, 2.05) is 0 Å². The van der Waals surface area contributed by atoms with Gasteiger partial charge in [0.25, 0.3) is 0 Å². The molecule has 0 heterocycles. The average molecular weight is 211 g/mol. The number of amides is 1. The van der Waals surface area contributed by atoms with E-state index in [1.165, 1.54) is 19.3 Å². The van der Waals surface area contributed by atoms with E-state index in [9.17, 15) is 4.79 Å². The second-order valence-electron chi connectivity index (χ2n) is 4.74. The quantitative estimate of drug-likeness (QED) is 0.743. The van der Waals surface area contributed by atoms with E-state index >= 15 is 0 Å². The summed E-state index contributed by atoms with van der Waals surface area (Å²) in [6.45, 7) is 4.33. The van der Waals surface area contributed by atoms with Gasteiger partial charge in [-0.2, -0.15) is 0 Å². The molecule has 0 aliphatic heterocycles. The zero-order chi connectivity index (χ0) is 11.1. The SMILES string of the molecule is CCCC(CC)NC(=O)C1CCCCC1. The maximum absolute atomic E-state index is 11.9. The Balaban J connectivity index is 2.31. The Bertz CT molecular complexity index is 185. The Labute approximate surface area is 93.8 Å². The van der Waals surface area contributed by atoms with E-state index in [-0.39, 0.29) is 0 Å². The van der Waals surface area contributed by atoms with Gasteiger partial charge in [0.05, 0.1) is 0 Å². The molecule has 0 spiro atoms. The van der Waals surface area contributed by atoms with Crippen LogP contribution in [0.1, 0.15) is 65.2 Å². The monoisotopic (exact) mass is 211 g/mol. The third-order valence-electron chi connectivity index (χ3n) is 3.45. The van der Waals surface area contributed by atoms with Crippen LogP contribution in [-0.2, 0) is 4.79 Å². The maximum Gasteiger partial charge on any atom is 0.223 e. The van der Waals surface area contributed by atoms with Gasteiger partial charge in [0.1, 0.15) is 0 Å². The molecule has 0 saturated heterocycles. The summed E-state index contributed by atoms with van der Waals surface area (Å²) in [6, 6.07) is 0.407. The Morgan fingerprint density at radius 3 is 2.47 bits per heavy atom. The van der Waals surface area contributed by atoms with Crippen molar-refractivity contribution < 1.29 is 4.79 Å². The van der Waals surface area contributed by atoms with Gasteiger partial charge in [-0.05, 0) is 25.7 Å². The molecular formula is C13H25NO. The van der Waals surface area contributed by atoms with Gasteiger partial charge in [-0.25, -0.2) is 0 Å².